The van der Waals surface area contributed by atoms with Crippen LogP contribution in [-0.2, 0) is 11.2 Å². The van der Waals surface area contributed by atoms with Gasteiger partial charge in [0.15, 0.2) is 0 Å². The summed E-state index contributed by atoms with van der Waals surface area (Å²) in [5.74, 6) is 0. The lowest BCUT2D eigenvalue weighted by molar-refractivity contribution is 0.0508. The third-order valence-electron chi connectivity index (χ3n) is 2.95. The fourth-order valence-corrected chi connectivity index (χ4v) is 2.81. The molecular weight excluding hydrogens is 284 g/mol. The summed E-state index contributed by atoms with van der Waals surface area (Å²) in [6.07, 6.45) is 0.711. The number of alkyl carbamates (subject to hydrolysis) is 1. The lowest BCUT2D eigenvalue weighted by Crippen LogP contribution is -2.42. The molecule has 5 heteroatoms. The fourth-order valence-electron chi connectivity index (χ4n) is 1.83. The van der Waals surface area contributed by atoms with Gasteiger partial charge in [-0.2, -0.15) is 0 Å². The van der Waals surface area contributed by atoms with E-state index in [0.717, 1.165) is 6.42 Å². The average Bonchev–Trinajstić information content (AvgIpc) is 2.82. The second-order valence-electron chi connectivity index (χ2n) is 6.33. The van der Waals surface area contributed by atoms with Gasteiger partial charge >= 0.3 is 6.09 Å². The maximum absolute atomic E-state index is 11.7. The molecule has 0 aromatic carbocycles. The quantitative estimate of drug-likeness (QED) is 0.838. The molecule has 0 saturated carbocycles. The summed E-state index contributed by atoms with van der Waals surface area (Å²) in [6.45, 7) is 12.6. The molecule has 0 bridgehead atoms. The molecule has 0 aliphatic carbocycles. The van der Waals surface area contributed by atoms with E-state index in [1.54, 1.807) is 0 Å². The zero-order chi connectivity index (χ0) is 16.0. The maximum atomic E-state index is 11.7. The fraction of sp³-hybridized carbons (Fsp3) is 0.688. The molecule has 0 radical (unpaired) electrons. The normalized spacial score (nSPS) is 14.6. The summed E-state index contributed by atoms with van der Waals surface area (Å²) in [4.78, 5) is 14.4. The summed E-state index contributed by atoms with van der Waals surface area (Å²) in [5.41, 5.74) is -0.460. The van der Waals surface area contributed by atoms with Crippen molar-refractivity contribution < 1.29 is 9.53 Å². The second-order valence-corrected chi connectivity index (χ2v) is 7.53. The number of amides is 1. The zero-order valence-corrected chi connectivity index (χ0v) is 14.8. The average molecular weight is 312 g/mol. The predicted octanol–water partition coefficient (Wildman–Crippen LogP) is 3.87. The highest BCUT2D eigenvalue weighted by Gasteiger charge is 2.18. The van der Waals surface area contributed by atoms with Gasteiger partial charge in [0.1, 0.15) is 5.60 Å². The van der Waals surface area contributed by atoms with Crippen molar-refractivity contribution in [2.45, 2.75) is 65.6 Å². The van der Waals surface area contributed by atoms with Crippen molar-refractivity contribution in [3.8, 4) is 0 Å². The molecule has 2 unspecified atom stereocenters. The number of carbonyl (C=O) groups is 1. The summed E-state index contributed by atoms with van der Waals surface area (Å²) in [6, 6.07) is 4.67. The highest BCUT2D eigenvalue weighted by atomic mass is 32.1. The molecule has 2 N–H and O–H groups in total. The van der Waals surface area contributed by atoms with Crippen molar-refractivity contribution in [2.24, 2.45) is 0 Å². The standard InChI is InChI=1S/C16H28N2O2S/c1-7-13-8-9-14(21-13)12(3)17-10-11(2)18-15(19)20-16(4,5)6/h8-9,11-12,17H,7,10H2,1-6H3,(H,18,19). The van der Waals surface area contributed by atoms with E-state index in [2.05, 4.69) is 36.6 Å². The number of nitrogens with one attached hydrogen (secondary N) is 2. The Morgan fingerprint density at radius 3 is 2.52 bits per heavy atom. The van der Waals surface area contributed by atoms with Crippen LogP contribution in [-0.4, -0.2) is 24.3 Å². The summed E-state index contributed by atoms with van der Waals surface area (Å²) < 4.78 is 5.24. The number of hydrogen-bond donors (Lipinski definition) is 2. The summed E-state index contributed by atoms with van der Waals surface area (Å²) >= 11 is 1.84. The van der Waals surface area contributed by atoms with Crippen molar-refractivity contribution in [3.05, 3.63) is 21.9 Å². The molecule has 120 valence electrons. The maximum Gasteiger partial charge on any atom is 0.407 e. The van der Waals surface area contributed by atoms with Crippen LogP contribution in [0, 0.1) is 0 Å². The number of hydrogen-bond acceptors (Lipinski definition) is 4. The van der Waals surface area contributed by atoms with Gasteiger partial charge in [-0.15, -0.1) is 11.3 Å². The van der Waals surface area contributed by atoms with Crippen molar-refractivity contribution in [3.63, 3.8) is 0 Å². The molecule has 0 fully saturated rings. The van der Waals surface area contributed by atoms with Crippen LogP contribution in [0.2, 0.25) is 0 Å². The van der Waals surface area contributed by atoms with Gasteiger partial charge in [0.2, 0.25) is 0 Å². The van der Waals surface area contributed by atoms with Gasteiger partial charge in [-0.1, -0.05) is 6.92 Å². The van der Waals surface area contributed by atoms with E-state index >= 15 is 0 Å². The number of aryl methyl sites for hydroxylation is 1. The van der Waals surface area contributed by atoms with Gasteiger partial charge in [-0.3, -0.25) is 0 Å². The van der Waals surface area contributed by atoms with Gasteiger partial charge in [0.05, 0.1) is 0 Å². The monoisotopic (exact) mass is 312 g/mol. The topological polar surface area (TPSA) is 50.4 Å². The minimum absolute atomic E-state index is 0.0212. The van der Waals surface area contributed by atoms with E-state index in [0.29, 0.717) is 6.54 Å². The molecule has 0 aliphatic rings. The molecular formula is C16H28N2O2S. The summed E-state index contributed by atoms with van der Waals surface area (Å²) in [7, 11) is 0. The van der Waals surface area contributed by atoms with E-state index < -0.39 is 5.60 Å². The third kappa shape index (κ3) is 6.96. The van der Waals surface area contributed by atoms with Crippen LogP contribution >= 0.6 is 11.3 Å². The Labute approximate surface area is 132 Å². The first-order valence-corrected chi connectivity index (χ1v) is 8.34. The smallest absolute Gasteiger partial charge is 0.407 e. The predicted molar refractivity (Wildman–Crippen MR) is 88.9 cm³/mol. The first-order chi connectivity index (χ1) is 9.71. The first kappa shape index (κ1) is 18.0. The Balaban J connectivity index is 2.35. The zero-order valence-electron chi connectivity index (χ0n) is 13.9. The number of ether oxygens (including phenoxy) is 1. The SMILES string of the molecule is CCc1ccc(C(C)NCC(C)NC(=O)OC(C)(C)C)s1. The molecule has 1 aromatic rings. The van der Waals surface area contributed by atoms with Crippen LogP contribution in [0.4, 0.5) is 4.79 Å². The molecule has 1 heterocycles. The lowest BCUT2D eigenvalue weighted by Gasteiger charge is -2.23. The number of thiophene rings is 1. The third-order valence-corrected chi connectivity index (χ3v) is 4.36. The highest BCUT2D eigenvalue weighted by Crippen LogP contribution is 2.23. The Bertz CT molecular complexity index is 451. The largest absolute Gasteiger partial charge is 0.444 e. The van der Waals surface area contributed by atoms with E-state index in [4.69, 9.17) is 4.74 Å². The van der Waals surface area contributed by atoms with Crippen LogP contribution in [0.25, 0.3) is 0 Å². The molecule has 21 heavy (non-hydrogen) atoms. The number of carbonyl (C=O) groups excluding carboxylic acids is 1. The van der Waals surface area contributed by atoms with Crippen molar-refractivity contribution >= 4 is 17.4 Å². The lowest BCUT2D eigenvalue weighted by atomic mass is 10.2. The molecule has 0 aliphatic heterocycles. The number of rotatable bonds is 6. The Hall–Kier alpha value is -1.07. The van der Waals surface area contributed by atoms with E-state index in [9.17, 15) is 4.79 Å². The van der Waals surface area contributed by atoms with Crippen LogP contribution in [0.1, 0.15) is 57.3 Å². The Kier molecular flexibility index (Phi) is 6.68. The van der Waals surface area contributed by atoms with Crippen LogP contribution < -0.4 is 10.6 Å². The van der Waals surface area contributed by atoms with Gasteiger partial charge in [0.25, 0.3) is 0 Å². The van der Waals surface area contributed by atoms with Crippen LogP contribution in [0.5, 0.6) is 0 Å². The molecule has 1 aromatic heterocycles. The first-order valence-electron chi connectivity index (χ1n) is 7.52. The second kappa shape index (κ2) is 7.80. The van der Waals surface area contributed by atoms with E-state index in [1.807, 2.05) is 39.0 Å². The van der Waals surface area contributed by atoms with Gasteiger partial charge < -0.3 is 15.4 Å². The molecule has 2 atom stereocenters. The minimum atomic E-state index is -0.460. The molecule has 1 rings (SSSR count). The van der Waals surface area contributed by atoms with Crippen LogP contribution in [0.3, 0.4) is 0 Å². The molecule has 1 amide bonds. The van der Waals surface area contributed by atoms with Crippen LogP contribution in [0.15, 0.2) is 12.1 Å². The van der Waals surface area contributed by atoms with Crippen molar-refractivity contribution in [2.75, 3.05) is 6.54 Å². The van der Waals surface area contributed by atoms with Crippen molar-refractivity contribution in [1.29, 1.82) is 0 Å². The van der Waals surface area contributed by atoms with Gasteiger partial charge in [-0.05, 0) is 53.2 Å². The summed E-state index contributed by atoms with van der Waals surface area (Å²) in [5, 5.41) is 6.28. The van der Waals surface area contributed by atoms with Gasteiger partial charge in [-0.25, -0.2) is 4.79 Å². The molecule has 0 saturated heterocycles. The molecule has 4 nitrogen and oxygen atoms in total. The minimum Gasteiger partial charge on any atom is -0.444 e. The van der Waals surface area contributed by atoms with Crippen molar-refractivity contribution in [1.82, 2.24) is 10.6 Å². The highest BCUT2D eigenvalue weighted by molar-refractivity contribution is 7.12. The van der Waals surface area contributed by atoms with E-state index in [1.165, 1.54) is 9.75 Å². The van der Waals surface area contributed by atoms with E-state index in [-0.39, 0.29) is 18.2 Å². The Morgan fingerprint density at radius 1 is 1.33 bits per heavy atom. The molecule has 0 spiro atoms. The Morgan fingerprint density at radius 2 is 2.00 bits per heavy atom. The van der Waals surface area contributed by atoms with Gasteiger partial charge in [0, 0.05) is 28.4 Å².